The third-order valence-electron chi connectivity index (χ3n) is 2.70. The van der Waals surface area contributed by atoms with Crippen molar-refractivity contribution in [3.63, 3.8) is 0 Å². The molecule has 1 unspecified atom stereocenters. The summed E-state index contributed by atoms with van der Waals surface area (Å²) < 4.78 is 5.50. The van der Waals surface area contributed by atoms with Gasteiger partial charge < -0.3 is 15.2 Å². The van der Waals surface area contributed by atoms with Gasteiger partial charge in [0.25, 0.3) is 0 Å². The first-order chi connectivity index (χ1) is 8.96. The zero-order valence-electron chi connectivity index (χ0n) is 12.4. The standard InChI is InChI=1S/C14H25N3O2/c1-5-7-14(4,18)10-15-13-16-11(3)9-12(17-13)19-8-6-2/h9,18H,5-8,10H2,1-4H3,(H,15,16,17). The van der Waals surface area contributed by atoms with Crippen LogP contribution in [0.4, 0.5) is 5.95 Å². The van der Waals surface area contributed by atoms with E-state index < -0.39 is 5.60 Å². The number of aliphatic hydroxyl groups is 1. The topological polar surface area (TPSA) is 67.3 Å². The Hall–Kier alpha value is -1.36. The first-order valence-electron chi connectivity index (χ1n) is 6.91. The predicted molar refractivity (Wildman–Crippen MR) is 76.6 cm³/mol. The van der Waals surface area contributed by atoms with Gasteiger partial charge in [-0.25, -0.2) is 4.98 Å². The van der Waals surface area contributed by atoms with Crippen molar-refractivity contribution in [2.24, 2.45) is 0 Å². The van der Waals surface area contributed by atoms with E-state index in [1.807, 2.05) is 26.8 Å². The molecule has 1 aromatic heterocycles. The van der Waals surface area contributed by atoms with Gasteiger partial charge in [0.15, 0.2) is 0 Å². The Morgan fingerprint density at radius 2 is 2.05 bits per heavy atom. The van der Waals surface area contributed by atoms with Gasteiger partial charge in [0.2, 0.25) is 11.8 Å². The Kier molecular flexibility index (Phi) is 6.02. The minimum absolute atomic E-state index is 0.428. The Bertz CT molecular complexity index is 394. The monoisotopic (exact) mass is 267 g/mol. The zero-order chi connectivity index (χ0) is 14.3. The zero-order valence-corrected chi connectivity index (χ0v) is 12.4. The molecule has 108 valence electrons. The van der Waals surface area contributed by atoms with Gasteiger partial charge in [-0.1, -0.05) is 20.3 Å². The second-order valence-electron chi connectivity index (χ2n) is 5.12. The molecular formula is C14H25N3O2. The minimum atomic E-state index is -0.744. The summed E-state index contributed by atoms with van der Waals surface area (Å²) in [5.41, 5.74) is 0.102. The lowest BCUT2D eigenvalue weighted by molar-refractivity contribution is 0.0635. The summed E-state index contributed by atoms with van der Waals surface area (Å²) >= 11 is 0. The van der Waals surface area contributed by atoms with Crippen molar-refractivity contribution in [1.82, 2.24) is 9.97 Å². The van der Waals surface area contributed by atoms with Crippen LogP contribution in [-0.4, -0.2) is 33.8 Å². The molecule has 0 saturated carbocycles. The molecule has 1 heterocycles. The van der Waals surface area contributed by atoms with E-state index in [0.29, 0.717) is 25.0 Å². The summed E-state index contributed by atoms with van der Waals surface area (Å²) in [4.78, 5) is 8.57. The molecule has 19 heavy (non-hydrogen) atoms. The van der Waals surface area contributed by atoms with Crippen molar-refractivity contribution in [3.8, 4) is 5.88 Å². The van der Waals surface area contributed by atoms with Gasteiger partial charge >= 0.3 is 0 Å². The van der Waals surface area contributed by atoms with Crippen molar-refractivity contribution < 1.29 is 9.84 Å². The molecule has 1 aromatic rings. The molecular weight excluding hydrogens is 242 g/mol. The molecule has 0 fully saturated rings. The molecule has 0 saturated heterocycles. The Morgan fingerprint density at radius 3 is 2.68 bits per heavy atom. The first kappa shape index (κ1) is 15.7. The van der Waals surface area contributed by atoms with Crippen molar-refractivity contribution in [1.29, 1.82) is 0 Å². The van der Waals surface area contributed by atoms with Gasteiger partial charge in [-0.2, -0.15) is 4.98 Å². The molecule has 0 radical (unpaired) electrons. The number of hydrogen-bond acceptors (Lipinski definition) is 5. The van der Waals surface area contributed by atoms with Crippen molar-refractivity contribution in [2.45, 2.75) is 52.6 Å². The third kappa shape index (κ3) is 5.87. The predicted octanol–water partition coefficient (Wildman–Crippen LogP) is 2.54. The molecule has 5 nitrogen and oxygen atoms in total. The maximum Gasteiger partial charge on any atom is 0.226 e. The van der Waals surface area contributed by atoms with E-state index in [-0.39, 0.29) is 0 Å². The minimum Gasteiger partial charge on any atom is -0.478 e. The summed E-state index contributed by atoms with van der Waals surface area (Å²) in [5, 5.41) is 13.2. The van der Waals surface area contributed by atoms with E-state index in [1.54, 1.807) is 0 Å². The number of ether oxygens (including phenoxy) is 1. The molecule has 0 aliphatic rings. The normalized spacial score (nSPS) is 13.9. The lowest BCUT2D eigenvalue weighted by Crippen LogP contribution is -2.33. The van der Waals surface area contributed by atoms with Gasteiger partial charge in [-0.15, -0.1) is 0 Å². The average Bonchev–Trinajstić information content (AvgIpc) is 2.33. The van der Waals surface area contributed by atoms with E-state index in [1.165, 1.54) is 0 Å². The Labute approximate surface area is 115 Å². The summed E-state index contributed by atoms with van der Waals surface area (Å²) in [5.74, 6) is 1.08. The van der Waals surface area contributed by atoms with Gasteiger partial charge in [0.1, 0.15) is 0 Å². The molecule has 0 aliphatic heterocycles. The molecule has 0 aromatic carbocycles. The van der Waals surface area contributed by atoms with Crippen LogP contribution in [0.15, 0.2) is 6.07 Å². The van der Waals surface area contributed by atoms with Crippen LogP contribution >= 0.6 is 0 Å². The SMILES string of the molecule is CCCOc1cc(C)nc(NCC(C)(O)CCC)n1. The van der Waals surface area contributed by atoms with Crippen LogP contribution in [0.2, 0.25) is 0 Å². The van der Waals surface area contributed by atoms with Gasteiger partial charge in [-0.05, 0) is 26.7 Å². The number of hydrogen-bond donors (Lipinski definition) is 2. The van der Waals surface area contributed by atoms with E-state index in [0.717, 1.165) is 25.0 Å². The smallest absolute Gasteiger partial charge is 0.226 e. The number of anilines is 1. The van der Waals surface area contributed by atoms with E-state index >= 15 is 0 Å². The fourth-order valence-electron chi connectivity index (χ4n) is 1.80. The molecule has 1 atom stereocenters. The lowest BCUT2D eigenvalue weighted by atomic mass is 10.0. The number of aromatic nitrogens is 2. The number of nitrogens with zero attached hydrogens (tertiary/aromatic N) is 2. The fourth-order valence-corrected chi connectivity index (χ4v) is 1.80. The maximum absolute atomic E-state index is 10.1. The van der Waals surface area contributed by atoms with Crippen molar-refractivity contribution in [2.75, 3.05) is 18.5 Å². The number of aryl methyl sites for hydroxylation is 1. The largest absolute Gasteiger partial charge is 0.478 e. The Morgan fingerprint density at radius 1 is 1.32 bits per heavy atom. The third-order valence-corrected chi connectivity index (χ3v) is 2.70. The van der Waals surface area contributed by atoms with Crippen LogP contribution in [-0.2, 0) is 0 Å². The summed E-state index contributed by atoms with van der Waals surface area (Å²) in [6.45, 7) is 8.88. The van der Waals surface area contributed by atoms with Crippen LogP contribution in [0.25, 0.3) is 0 Å². The summed E-state index contributed by atoms with van der Waals surface area (Å²) in [7, 11) is 0. The van der Waals surface area contributed by atoms with Crippen LogP contribution in [0.5, 0.6) is 5.88 Å². The summed E-state index contributed by atoms with van der Waals surface area (Å²) in [6.07, 6.45) is 2.62. The average molecular weight is 267 g/mol. The van der Waals surface area contributed by atoms with Crippen LogP contribution in [0.3, 0.4) is 0 Å². The fraction of sp³-hybridized carbons (Fsp3) is 0.714. The van der Waals surface area contributed by atoms with Crippen LogP contribution in [0, 0.1) is 6.92 Å². The number of rotatable bonds is 8. The van der Waals surface area contributed by atoms with Crippen LogP contribution < -0.4 is 10.1 Å². The number of nitrogens with one attached hydrogen (secondary N) is 1. The second-order valence-corrected chi connectivity index (χ2v) is 5.12. The molecule has 1 rings (SSSR count). The highest BCUT2D eigenvalue weighted by atomic mass is 16.5. The highest BCUT2D eigenvalue weighted by Crippen LogP contribution is 2.15. The first-order valence-corrected chi connectivity index (χ1v) is 6.91. The molecule has 2 N–H and O–H groups in total. The molecule has 0 bridgehead atoms. The highest BCUT2D eigenvalue weighted by molar-refractivity contribution is 5.31. The van der Waals surface area contributed by atoms with Gasteiger partial charge in [0, 0.05) is 18.3 Å². The molecule has 0 spiro atoms. The van der Waals surface area contributed by atoms with Gasteiger partial charge in [0.05, 0.1) is 12.2 Å². The summed E-state index contributed by atoms with van der Waals surface area (Å²) in [6, 6.07) is 1.81. The molecule has 5 heteroatoms. The van der Waals surface area contributed by atoms with E-state index in [2.05, 4.69) is 22.2 Å². The Balaban J connectivity index is 2.65. The highest BCUT2D eigenvalue weighted by Gasteiger charge is 2.19. The van der Waals surface area contributed by atoms with Crippen molar-refractivity contribution in [3.05, 3.63) is 11.8 Å². The van der Waals surface area contributed by atoms with E-state index in [4.69, 9.17) is 4.74 Å². The van der Waals surface area contributed by atoms with Gasteiger partial charge in [-0.3, -0.25) is 0 Å². The van der Waals surface area contributed by atoms with Crippen LogP contribution in [0.1, 0.15) is 45.7 Å². The quantitative estimate of drug-likeness (QED) is 0.757. The lowest BCUT2D eigenvalue weighted by Gasteiger charge is -2.23. The van der Waals surface area contributed by atoms with E-state index in [9.17, 15) is 5.11 Å². The maximum atomic E-state index is 10.1. The molecule has 0 aliphatic carbocycles. The second kappa shape index (κ2) is 7.28. The molecule has 0 amide bonds. The van der Waals surface area contributed by atoms with Crippen molar-refractivity contribution >= 4 is 5.95 Å².